The zero-order chi connectivity index (χ0) is 25.7. The maximum Gasteiger partial charge on any atom is 0.300 e. The number of para-hydroxylation sites is 1. The molecule has 182 valence electrons. The van der Waals surface area contributed by atoms with Crippen LogP contribution in [0.3, 0.4) is 0 Å². The Hall–Kier alpha value is -4.03. The quantitative estimate of drug-likeness (QED) is 0.193. The Balaban J connectivity index is 1.86. The Morgan fingerprint density at radius 2 is 1.78 bits per heavy atom. The number of ether oxygens (including phenoxy) is 1. The highest BCUT2D eigenvalue weighted by Crippen LogP contribution is 2.46. The van der Waals surface area contributed by atoms with Crippen LogP contribution in [0.4, 0.5) is 5.69 Å². The molecule has 0 bridgehead atoms. The Labute approximate surface area is 213 Å². The first kappa shape index (κ1) is 23.7. The minimum absolute atomic E-state index is 0.00358. The van der Waals surface area contributed by atoms with Crippen LogP contribution >= 0.6 is 11.6 Å². The lowest BCUT2D eigenvalue weighted by Crippen LogP contribution is -2.29. The third-order valence-corrected chi connectivity index (χ3v) is 6.86. The van der Waals surface area contributed by atoms with Crippen molar-refractivity contribution in [2.45, 2.75) is 26.8 Å². The van der Waals surface area contributed by atoms with Crippen LogP contribution in [0.25, 0.3) is 16.7 Å². The molecule has 1 aromatic heterocycles. The number of methoxy groups -OCH3 is 1. The molecule has 1 aliphatic heterocycles. The highest BCUT2D eigenvalue weighted by molar-refractivity contribution is 6.52. The number of carbonyl (C=O) groups is 2. The summed E-state index contributed by atoms with van der Waals surface area (Å²) in [6, 6.07) is 17.3. The molecule has 0 radical (unpaired) electrons. The van der Waals surface area contributed by atoms with Crippen molar-refractivity contribution in [1.82, 2.24) is 4.98 Å². The standard InChI is InChI=1S/C29H25ClN2O4/c1-15-12-16(2)28(36-4)21(13-15)26(33)24-25(23-17(3)31-22-11-6-5-10-20(22)23)32(29(35)27(24)34)19-9-7-8-18(30)14-19/h5-14,25,31,33H,1-4H3/b26-24+. The number of aromatic nitrogens is 1. The van der Waals surface area contributed by atoms with E-state index in [-0.39, 0.29) is 11.3 Å². The second kappa shape index (κ2) is 8.88. The summed E-state index contributed by atoms with van der Waals surface area (Å²) in [4.78, 5) is 31.9. The molecule has 7 heteroatoms. The number of benzene rings is 3. The first-order chi connectivity index (χ1) is 17.2. The number of hydrogen-bond donors (Lipinski definition) is 2. The second-order valence-corrected chi connectivity index (χ2v) is 9.46. The number of aliphatic hydroxyl groups excluding tert-OH is 1. The Bertz CT molecular complexity index is 1580. The second-order valence-electron chi connectivity index (χ2n) is 9.02. The fraction of sp³-hybridized carbons (Fsp3) is 0.172. The summed E-state index contributed by atoms with van der Waals surface area (Å²) in [7, 11) is 1.51. The predicted molar refractivity (Wildman–Crippen MR) is 142 cm³/mol. The molecule has 2 heterocycles. The van der Waals surface area contributed by atoms with Crippen molar-refractivity contribution < 1.29 is 19.4 Å². The fourth-order valence-corrected chi connectivity index (χ4v) is 5.38. The molecule has 4 aromatic rings. The number of halogens is 1. The molecular weight excluding hydrogens is 476 g/mol. The zero-order valence-corrected chi connectivity index (χ0v) is 21.1. The SMILES string of the molecule is COc1c(C)cc(C)cc1/C(O)=C1\C(=O)C(=O)N(c2cccc(Cl)c2)C1c1c(C)[nH]c2ccccc12. The van der Waals surface area contributed by atoms with Crippen LogP contribution in [0, 0.1) is 20.8 Å². The van der Waals surface area contributed by atoms with E-state index >= 15 is 0 Å². The van der Waals surface area contributed by atoms with Gasteiger partial charge in [0.05, 0.1) is 24.3 Å². The first-order valence-corrected chi connectivity index (χ1v) is 11.9. The van der Waals surface area contributed by atoms with Crippen LogP contribution in [-0.2, 0) is 9.59 Å². The molecule has 5 rings (SSSR count). The van der Waals surface area contributed by atoms with Crippen LogP contribution in [0.5, 0.6) is 5.75 Å². The Morgan fingerprint density at radius 1 is 1.03 bits per heavy atom. The number of aryl methyl sites for hydroxylation is 3. The number of ketones is 1. The molecule has 3 aromatic carbocycles. The van der Waals surface area contributed by atoms with Crippen molar-refractivity contribution in [1.29, 1.82) is 0 Å². The van der Waals surface area contributed by atoms with Gasteiger partial charge in [-0.25, -0.2) is 0 Å². The Morgan fingerprint density at radius 3 is 2.50 bits per heavy atom. The molecule has 0 aliphatic carbocycles. The normalized spacial score (nSPS) is 17.2. The van der Waals surface area contributed by atoms with Gasteiger partial charge in [0, 0.05) is 32.9 Å². The van der Waals surface area contributed by atoms with Crippen molar-refractivity contribution >= 4 is 45.6 Å². The number of rotatable bonds is 4. The van der Waals surface area contributed by atoms with E-state index in [0.29, 0.717) is 22.0 Å². The molecule has 0 saturated carbocycles. The van der Waals surface area contributed by atoms with Gasteiger partial charge in [-0.15, -0.1) is 0 Å². The van der Waals surface area contributed by atoms with E-state index in [9.17, 15) is 14.7 Å². The number of hydrogen-bond acceptors (Lipinski definition) is 4. The third kappa shape index (κ3) is 3.65. The monoisotopic (exact) mass is 500 g/mol. The smallest absolute Gasteiger partial charge is 0.300 e. The molecule has 1 unspecified atom stereocenters. The van der Waals surface area contributed by atoms with Gasteiger partial charge in [0.1, 0.15) is 11.5 Å². The average Bonchev–Trinajstić information content (AvgIpc) is 3.30. The number of nitrogens with zero attached hydrogens (tertiary/aromatic N) is 1. The number of H-pyrrole nitrogens is 1. The largest absolute Gasteiger partial charge is 0.507 e. The zero-order valence-electron chi connectivity index (χ0n) is 20.3. The van der Waals surface area contributed by atoms with Crippen LogP contribution in [0.2, 0.25) is 5.02 Å². The summed E-state index contributed by atoms with van der Waals surface area (Å²) < 4.78 is 5.59. The van der Waals surface area contributed by atoms with Crippen molar-refractivity contribution in [3.63, 3.8) is 0 Å². The number of Topliss-reactive ketones (excluding diaryl/α,β-unsaturated/α-hetero) is 1. The molecule has 1 atom stereocenters. The molecule has 1 amide bonds. The van der Waals surface area contributed by atoms with Gasteiger partial charge in [-0.2, -0.15) is 0 Å². The van der Waals surface area contributed by atoms with Gasteiger partial charge in [0.2, 0.25) is 0 Å². The number of nitrogens with one attached hydrogen (secondary N) is 1. The molecule has 0 spiro atoms. The highest BCUT2D eigenvalue weighted by atomic mass is 35.5. The van der Waals surface area contributed by atoms with Crippen molar-refractivity contribution in [3.05, 3.63) is 99.2 Å². The number of anilines is 1. The topological polar surface area (TPSA) is 82.6 Å². The van der Waals surface area contributed by atoms with Crippen LogP contribution < -0.4 is 9.64 Å². The van der Waals surface area contributed by atoms with Gasteiger partial charge in [-0.05, 0) is 62.2 Å². The van der Waals surface area contributed by atoms with E-state index in [2.05, 4.69) is 4.98 Å². The van der Waals surface area contributed by atoms with Crippen molar-refractivity contribution in [2.24, 2.45) is 0 Å². The number of aliphatic hydroxyl groups is 1. The Kier molecular flexibility index (Phi) is 5.85. The lowest BCUT2D eigenvalue weighted by Gasteiger charge is -2.26. The van der Waals surface area contributed by atoms with E-state index in [0.717, 1.165) is 33.3 Å². The van der Waals surface area contributed by atoms with Gasteiger partial charge in [0.15, 0.2) is 0 Å². The summed E-state index contributed by atoms with van der Waals surface area (Å²) in [5, 5.41) is 13.0. The highest BCUT2D eigenvalue weighted by Gasteiger charge is 2.48. The van der Waals surface area contributed by atoms with E-state index in [1.54, 1.807) is 30.3 Å². The predicted octanol–water partition coefficient (Wildman–Crippen LogP) is 6.38. The molecular formula is C29H25ClN2O4. The maximum atomic E-state index is 13.6. The van der Waals surface area contributed by atoms with E-state index in [1.165, 1.54) is 12.0 Å². The summed E-state index contributed by atoms with van der Waals surface area (Å²) >= 11 is 6.27. The summed E-state index contributed by atoms with van der Waals surface area (Å²) in [5.74, 6) is -1.35. The first-order valence-electron chi connectivity index (χ1n) is 11.5. The number of carbonyl (C=O) groups excluding carboxylic acids is 2. The van der Waals surface area contributed by atoms with Crippen LogP contribution in [-0.4, -0.2) is 28.9 Å². The summed E-state index contributed by atoms with van der Waals surface area (Å²) in [6.07, 6.45) is 0. The van der Waals surface area contributed by atoms with Gasteiger partial charge in [-0.3, -0.25) is 14.5 Å². The van der Waals surface area contributed by atoms with Gasteiger partial charge >= 0.3 is 0 Å². The van der Waals surface area contributed by atoms with E-state index < -0.39 is 17.7 Å². The fourth-order valence-electron chi connectivity index (χ4n) is 5.19. The summed E-state index contributed by atoms with van der Waals surface area (Å²) in [6.45, 7) is 5.66. The molecule has 1 saturated heterocycles. The van der Waals surface area contributed by atoms with E-state index in [4.69, 9.17) is 16.3 Å². The van der Waals surface area contributed by atoms with Crippen LogP contribution in [0.1, 0.15) is 34.0 Å². The van der Waals surface area contributed by atoms with E-state index in [1.807, 2.05) is 51.1 Å². The number of aromatic amines is 1. The van der Waals surface area contributed by atoms with Gasteiger partial charge in [-0.1, -0.05) is 41.9 Å². The third-order valence-electron chi connectivity index (χ3n) is 6.63. The summed E-state index contributed by atoms with van der Waals surface area (Å²) in [5.41, 5.74) is 4.90. The van der Waals surface area contributed by atoms with Gasteiger partial charge < -0.3 is 14.8 Å². The number of amides is 1. The van der Waals surface area contributed by atoms with Crippen molar-refractivity contribution in [3.8, 4) is 5.75 Å². The molecule has 2 N–H and O–H groups in total. The maximum absolute atomic E-state index is 13.6. The molecule has 6 nitrogen and oxygen atoms in total. The van der Waals surface area contributed by atoms with Gasteiger partial charge in [0.25, 0.3) is 11.7 Å². The minimum atomic E-state index is -0.884. The minimum Gasteiger partial charge on any atom is -0.507 e. The lowest BCUT2D eigenvalue weighted by atomic mass is 9.92. The number of fused-ring (bicyclic) bond motifs is 1. The van der Waals surface area contributed by atoms with Crippen LogP contribution in [0.15, 0.2) is 66.2 Å². The lowest BCUT2D eigenvalue weighted by molar-refractivity contribution is -0.132. The molecule has 36 heavy (non-hydrogen) atoms. The average molecular weight is 501 g/mol. The molecule has 1 fully saturated rings. The molecule has 1 aliphatic rings. The van der Waals surface area contributed by atoms with Crippen molar-refractivity contribution in [2.75, 3.05) is 12.0 Å².